The predicted octanol–water partition coefficient (Wildman–Crippen LogP) is 6.64. The molecule has 228 valence electrons. The summed E-state index contributed by atoms with van der Waals surface area (Å²) in [5.41, 5.74) is 0.265. The zero-order chi connectivity index (χ0) is 30.6. The Morgan fingerprint density at radius 2 is 1.65 bits per heavy atom. The van der Waals surface area contributed by atoms with E-state index < -0.39 is 23.8 Å². The Hall–Kier alpha value is -2.77. The van der Waals surface area contributed by atoms with E-state index in [0.29, 0.717) is 36.4 Å². The second kappa shape index (κ2) is 16.5. The molecule has 0 radical (unpaired) electrons. The zero-order valence-electron chi connectivity index (χ0n) is 26.6. The van der Waals surface area contributed by atoms with Gasteiger partial charge in [-0.05, 0) is 77.7 Å². The molecule has 0 saturated heterocycles. The summed E-state index contributed by atoms with van der Waals surface area (Å²) in [6.45, 7) is 19.8. The van der Waals surface area contributed by atoms with E-state index in [4.69, 9.17) is 4.74 Å². The average Bonchev–Trinajstić information content (AvgIpc) is 2.83. The number of carbonyl (C=O) groups excluding carboxylic acids is 3. The second-order valence-electron chi connectivity index (χ2n) is 12.8. The van der Waals surface area contributed by atoms with Crippen molar-refractivity contribution in [3.8, 4) is 5.75 Å². The van der Waals surface area contributed by atoms with Crippen LogP contribution < -0.4 is 10.6 Å². The number of nitrogens with one attached hydrogen (secondary N) is 2. The Balaban J connectivity index is 3.65. The Labute approximate surface area is 242 Å². The number of hydrogen-bond acceptors (Lipinski definition) is 5. The Morgan fingerprint density at radius 1 is 1.00 bits per heavy atom. The molecule has 0 aromatic heterocycles. The molecule has 1 aromatic carbocycles. The van der Waals surface area contributed by atoms with Crippen LogP contribution in [0.25, 0.3) is 0 Å². The van der Waals surface area contributed by atoms with Gasteiger partial charge in [0.2, 0.25) is 11.8 Å². The number of carbonyl (C=O) groups is 3. The number of aromatic hydroxyl groups is 1. The molecule has 0 bridgehead atoms. The summed E-state index contributed by atoms with van der Waals surface area (Å²) in [6, 6.07) is 2.96. The van der Waals surface area contributed by atoms with Gasteiger partial charge < -0.3 is 25.4 Å². The first kappa shape index (κ1) is 35.3. The van der Waals surface area contributed by atoms with Gasteiger partial charge in [0.05, 0.1) is 0 Å². The van der Waals surface area contributed by atoms with Crippen molar-refractivity contribution in [3.05, 3.63) is 29.3 Å². The molecule has 1 rings (SSSR count). The molecule has 0 heterocycles. The van der Waals surface area contributed by atoms with Crippen LogP contribution >= 0.6 is 0 Å². The van der Waals surface area contributed by atoms with Gasteiger partial charge in [0, 0.05) is 18.2 Å². The van der Waals surface area contributed by atoms with Crippen LogP contribution in [0.15, 0.2) is 18.2 Å². The molecule has 0 aliphatic carbocycles. The smallest absolute Gasteiger partial charge is 0.408 e. The molecule has 8 heteroatoms. The number of phenols is 1. The molecule has 1 aromatic rings. The van der Waals surface area contributed by atoms with Crippen LogP contribution in [0.5, 0.6) is 5.75 Å². The summed E-state index contributed by atoms with van der Waals surface area (Å²) in [6.07, 6.45) is 4.02. The van der Waals surface area contributed by atoms with Gasteiger partial charge in [-0.3, -0.25) is 9.59 Å². The van der Waals surface area contributed by atoms with Crippen molar-refractivity contribution in [3.63, 3.8) is 0 Å². The molecule has 3 N–H and O–H groups in total. The number of alkyl carbamates (subject to hydrolysis) is 1. The second-order valence-corrected chi connectivity index (χ2v) is 12.8. The van der Waals surface area contributed by atoms with Gasteiger partial charge in [0.15, 0.2) is 0 Å². The third kappa shape index (κ3) is 11.8. The molecule has 0 saturated carbocycles. The summed E-state index contributed by atoms with van der Waals surface area (Å²) in [5.74, 6) is -0.233. The third-order valence-electron chi connectivity index (χ3n) is 6.76. The van der Waals surface area contributed by atoms with Crippen molar-refractivity contribution in [2.75, 3.05) is 6.54 Å². The zero-order valence-corrected chi connectivity index (χ0v) is 26.6. The van der Waals surface area contributed by atoms with Crippen molar-refractivity contribution in [1.29, 1.82) is 0 Å². The fraction of sp³-hybridized carbons (Fsp3) is 0.719. The average molecular weight is 562 g/mol. The molecule has 0 fully saturated rings. The van der Waals surface area contributed by atoms with Gasteiger partial charge in [-0.15, -0.1) is 0 Å². The standard InChI is InChI=1S/C32H55N3O5/c1-11-12-13-19-33-29(37)27(25-16-14-15-23(6)28(25)36)35(24(7)18-17-21(2)3)30(38)26(20-22(4)5)34-31(39)40-32(8,9)10/h14-16,21-22,24,26-27,36H,11-13,17-20H2,1-10H3,(H,33,37)(H,34,39). The van der Waals surface area contributed by atoms with E-state index in [1.54, 1.807) is 50.8 Å². The first-order chi connectivity index (χ1) is 18.6. The monoisotopic (exact) mass is 561 g/mol. The minimum Gasteiger partial charge on any atom is -0.507 e. The molecule has 0 aliphatic rings. The highest BCUT2D eigenvalue weighted by atomic mass is 16.6. The maximum atomic E-state index is 14.5. The lowest BCUT2D eigenvalue weighted by Crippen LogP contribution is -2.56. The quantitative estimate of drug-likeness (QED) is 0.208. The molecule has 3 amide bonds. The van der Waals surface area contributed by atoms with E-state index in [2.05, 4.69) is 31.4 Å². The van der Waals surface area contributed by atoms with Gasteiger partial charge in [-0.2, -0.15) is 0 Å². The maximum Gasteiger partial charge on any atom is 0.408 e. The molecule has 0 spiro atoms. The van der Waals surface area contributed by atoms with Gasteiger partial charge in [0.25, 0.3) is 0 Å². The minimum absolute atomic E-state index is 0.00872. The summed E-state index contributed by atoms with van der Waals surface area (Å²) >= 11 is 0. The van der Waals surface area contributed by atoms with Gasteiger partial charge in [0.1, 0.15) is 23.4 Å². The number of para-hydroxylation sites is 1. The Morgan fingerprint density at radius 3 is 2.20 bits per heavy atom. The topological polar surface area (TPSA) is 108 Å². The number of benzene rings is 1. The van der Waals surface area contributed by atoms with Crippen LogP contribution in [0.4, 0.5) is 4.79 Å². The minimum atomic E-state index is -1.06. The number of amides is 3. The fourth-order valence-corrected chi connectivity index (χ4v) is 4.64. The predicted molar refractivity (Wildman–Crippen MR) is 161 cm³/mol. The van der Waals surface area contributed by atoms with Crippen LogP contribution in [0.1, 0.15) is 118 Å². The number of aryl methyl sites for hydroxylation is 1. The Kier molecular flexibility index (Phi) is 14.5. The molecule has 3 unspecified atom stereocenters. The highest BCUT2D eigenvalue weighted by molar-refractivity contribution is 5.92. The van der Waals surface area contributed by atoms with Crippen LogP contribution in [-0.2, 0) is 14.3 Å². The number of nitrogens with zero attached hydrogens (tertiary/aromatic N) is 1. The number of rotatable bonds is 15. The molecular weight excluding hydrogens is 506 g/mol. The van der Waals surface area contributed by atoms with Crippen molar-refractivity contribution in [2.45, 2.75) is 131 Å². The molecule has 0 aliphatic heterocycles. The Bertz CT molecular complexity index is 954. The number of unbranched alkanes of at least 4 members (excludes halogenated alkanes) is 2. The summed E-state index contributed by atoms with van der Waals surface area (Å²) in [4.78, 5) is 42.7. The maximum absolute atomic E-state index is 14.5. The van der Waals surface area contributed by atoms with Crippen LogP contribution in [-0.4, -0.2) is 52.1 Å². The SMILES string of the molecule is CCCCCNC(=O)C(c1cccc(C)c1O)N(C(=O)C(CC(C)C)NC(=O)OC(C)(C)C)C(C)CCC(C)C. The van der Waals surface area contributed by atoms with E-state index in [9.17, 15) is 19.5 Å². The third-order valence-corrected chi connectivity index (χ3v) is 6.76. The van der Waals surface area contributed by atoms with Crippen molar-refractivity contribution in [2.24, 2.45) is 11.8 Å². The lowest BCUT2D eigenvalue weighted by molar-refractivity contribution is -0.145. The van der Waals surface area contributed by atoms with Crippen molar-refractivity contribution in [1.82, 2.24) is 15.5 Å². The normalized spacial score (nSPS) is 14.0. The van der Waals surface area contributed by atoms with E-state index in [1.807, 2.05) is 20.8 Å². The van der Waals surface area contributed by atoms with Gasteiger partial charge >= 0.3 is 6.09 Å². The number of ether oxygens (including phenoxy) is 1. The summed E-state index contributed by atoms with van der Waals surface area (Å²) in [7, 11) is 0. The van der Waals surface area contributed by atoms with E-state index in [1.165, 1.54) is 0 Å². The fourth-order valence-electron chi connectivity index (χ4n) is 4.64. The number of phenolic OH excluding ortho intramolecular Hbond substituents is 1. The largest absolute Gasteiger partial charge is 0.507 e. The highest BCUT2D eigenvalue weighted by Crippen LogP contribution is 2.34. The van der Waals surface area contributed by atoms with Crippen LogP contribution in [0.2, 0.25) is 0 Å². The van der Waals surface area contributed by atoms with Crippen LogP contribution in [0.3, 0.4) is 0 Å². The molecule has 3 atom stereocenters. The molecular formula is C32H55N3O5. The molecule has 40 heavy (non-hydrogen) atoms. The van der Waals surface area contributed by atoms with E-state index in [0.717, 1.165) is 25.7 Å². The van der Waals surface area contributed by atoms with Crippen molar-refractivity contribution >= 4 is 17.9 Å². The van der Waals surface area contributed by atoms with Gasteiger partial charge in [-0.1, -0.05) is 65.7 Å². The summed E-state index contributed by atoms with van der Waals surface area (Å²) < 4.78 is 5.48. The van der Waals surface area contributed by atoms with Crippen molar-refractivity contribution < 1.29 is 24.2 Å². The lowest BCUT2D eigenvalue weighted by atomic mass is 9.94. The highest BCUT2D eigenvalue weighted by Gasteiger charge is 2.40. The first-order valence-electron chi connectivity index (χ1n) is 15.0. The molecule has 8 nitrogen and oxygen atoms in total. The summed E-state index contributed by atoms with van der Waals surface area (Å²) in [5, 5.41) is 16.9. The van der Waals surface area contributed by atoms with Crippen LogP contribution in [0, 0.1) is 18.8 Å². The lowest BCUT2D eigenvalue weighted by Gasteiger charge is -2.39. The first-order valence-corrected chi connectivity index (χ1v) is 15.0. The van der Waals surface area contributed by atoms with E-state index in [-0.39, 0.29) is 29.5 Å². The van der Waals surface area contributed by atoms with Gasteiger partial charge in [-0.25, -0.2) is 4.79 Å². The number of hydrogen-bond donors (Lipinski definition) is 3. The van der Waals surface area contributed by atoms with E-state index >= 15 is 0 Å².